The molecule has 1 saturated heterocycles. The highest BCUT2D eigenvalue weighted by Gasteiger charge is 2.31. The normalized spacial score (nSPS) is 17.3. The molecule has 0 bridgehead atoms. The van der Waals surface area contributed by atoms with Gasteiger partial charge in [-0.3, -0.25) is 9.69 Å². The van der Waals surface area contributed by atoms with Gasteiger partial charge in [0, 0.05) is 38.8 Å². The minimum Gasteiger partial charge on any atom is -0.364 e. The van der Waals surface area contributed by atoms with Crippen molar-refractivity contribution in [1.29, 1.82) is 5.26 Å². The third kappa shape index (κ3) is 4.29. The third-order valence-corrected chi connectivity index (χ3v) is 6.82. The molecule has 2 atom stereocenters. The summed E-state index contributed by atoms with van der Waals surface area (Å²) >= 11 is 0. The molecule has 35 heavy (non-hydrogen) atoms. The van der Waals surface area contributed by atoms with E-state index in [1.165, 1.54) is 12.1 Å². The highest BCUT2D eigenvalue weighted by atomic mass is 19.1. The van der Waals surface area contributed by atoms with Crippen molar-refractivity contribution < 1.29 is 4.39 Å². The molecule has 2 aromatic carbocycles. The molecule has 7 heteroatoms. The smallest absolute Gasteiger partial charge is 0.252 e. The van der Waals surface area contributed by atoms with Gasteiger partial charge in [-0.2, -0.15) is 5.26 Å². The van der Waals surface area contributed by atoms with Crippen LogP contribution >= 0.6 is 0 Å². The van der Waals surface area contributed by atoms with Gasteiger partial charge in [-0.1, -0.05) is 42.5 Å². The largest absolute Gasteiger partial charge is 0.364 e. The van der Waals surface area contributed by atoms with Crippen molar-refractivity contribution in [2.75, 3.05) is 24.5 Å². The Morgan fingerprint density at radius 2 is 1.74 bits per heavy atom. The van der Waals surface area contributed by atoms with Crippen molar-refractivity contribution in [1.82, 2.24) is 14.5 Å². The van der Waals surface area contributed by atoms with Crippen LogP contribution in [0, 0.1) is 17.1 Å². The lowest BCUT2D eigenvalue weighted by Crippen LogP contribution is -2.53. The molecule has 0 amide bonds. The molecule has 1 aliphatic heterocycles. The van der Waals surface area contributed by atoms with Gasteiger partial charge in [-0.05, 0) is 42.3 Å². The van der Waals surface area contributed by atoms with E-state index in [4.69, 9.17) is 0 Å². The lowest BCUT2D eigenvalue weighted by atomic mass is 9.95. The van der Waals surface area contributed by atoms with Gasteiger partial charge in [0.25, 0.3) is 5.56 Å². The minimum absolute atomic E-state index is 0.00916. The first-order valence-corrected chi connectivity index (χ1v) is 11.7. The van der Waals surface area contributed by atoms with Crippen LogP contribution in [0.25, 0.3) is 11.0 Å². The maximum absolute atomic E-state index is 13.7. The van der Waals surface area contributed by atoms with E-state index in [-0.39, 0.29) is 23.5 Å². The zero-order chi connectivity index (χ0) is 24.5. The van der Waals surface area contributed by atoms with Crippen LogP contribution in [0.4, 0.5) is 10.1 Å². The fraction of sp³-hybridized carbons (Fsp3) is 0.250. The van der Waals surface area contributed by atoms with Crippen molar-refractivity contribution >= 4 is 16.7 Å². The minimum atomic E-state index is -0.250. The molecular formula is C28H26FN5O. The predicted octanol–water partition coefficient (Wildman–Crippen LogP) is 4.24. The van der Waals surface area contributed by atoms with Gasteiger partial charge in [-0.15, -0.1) is 0 Å². The molecular weight excluding hydrogens is 441 g/mol. The summed E-state index contributed by atoms with van der Waals surface area (Å²) in [5.74, 6) is -0.250. The number of fused-ring (bicyclic) bond motifs is 1. The van der Waals surface area contributed by atoms with E-state index in [2.05, 4.69) is 39.9 Å². The Balaban J connectivity index is 1.51. The molecule has 3 heterocycles. The molecule has 0 aliphatic carbocycles. The topological polar surface area (TPSA) is 65.2 Å². The standard InChI is InChI=1S/C28H26FN5O/c1-19-18-33(28(20-6-4-3-5-7-20)21-8-10-22(29)11-9-21)14-15-34(19)25-16-26(35)32(2)24-13-12-23(17-30)31-27(24)25/h3-13,16,19,28H,14-15,18H2,1-2H3. The zero-order valence-electron chi connectivity index (χ0n) is 19.7. The summed E-state index contributed by atoms with van der Waals surface area (Å²) in [6, 6.07) is 24.2. The first-order chi connectivity index (χ1) is 17.0. The number of anilines is 1. The number of pyridine rings is 2. The third-order valence-electron chi connectivity index (χ3n) is 6.82. The van der Waals surface area contributed by atoms with Gasteiger partial charge in [0.2, 0.25) is 0 Å². The SMILES string of the molecule is CC1CN(C(c2ccccc2)c2ccc(F)cc2)CCN1c1cc(=O)n(C)c2ccc(C#N)nc12. The maximum Gasteiger partial charge on any atom is 0.252 e. The molecule has 176 valence electrons. The number of aromatic nitrogens is 2. The van der Waals surface area contributed by atoms with Crippen LogP contribution in [0.15, 0.2) is 77.6 Å². The van der Waals surface area contributed by atoms with E-state index in [9.17, 15) is 14.4 Å². The average molecular weight is 468 g/mol. The molecule has 0 N–H and O–H groups in total. The molecule has 2 aromatic heterocycles. The van der Waals surface area contributed by atoms with E-state index in [1.807, 2.05) is 30.3 Å². The summed E-state index contributed by atoms with van der Waals surface area (Å²) in [7, 11) is 1.72. The summed E-state index contributed by atoms with van der Waals surface area (Å²) in [5.41, 5.74) is 4.52. The second kappa shape index (κ2) is 9.32. The molecule has 2 unspecified atom stereocenters. The number of benzene rings is 2. The van der Waals surface area contributed by atoms with Crippen LogP contribution in [0.1, 0.15) is 29.8 Å². The van der Waals surface area contributed by atoms with Crippen LogP contribution in [-0.4, -0.2) is 40.1 Å². The Bertz CT molecular complexity index is 1460. The van der Waals surface area contributed by atoms with Crippen LogP contribution in [0.2, 0.25) is 0 Å². The van der Waals surface area contributed by atoms with Crippen LogP contribution in [-0.2, 0) is 7.05 Å². The Labute approximate surface area is 203 Å². The maximum atomic E-state index is 13.7. The van der Waals surface area contributed by atoms with Crippen LogP contribution in [0.3, 0.4) is 0 Å². The van der Waals surface area contributed by atoms with Crippen molar-refractivity contribution in [3.63, 3.8) is 0 Å². The lowest BCUT2D eigenvalue weighted by molar-refractivity contribution is 0.188. The summed E-state index contributed by atoms with van der Waals surface area (Å²) in [5, 5.41) is 9.38. The monoisotopic (exact) mass is 467 g/mol. The van der Waals surface area contributed by atoms with Crippen molar-refractivity contribution in [2.45, 2.75) is 19.0 Å². The Hall–Kier alpha value is -4.02. The number of hydrogen-bond donors (Lipinski definition) is 0. The first kappa shape index (κ1) is 22.8. The molecule has 1 fully saturated rings. The van der Waals surface area contributed by atoms with Crippen molar-refractivity contribution in [3.8, 4) is 6.07 Å². The molecule has 1 aliphatic rings. The van der Waals surface area contributed by atoms with E-state index >= 15 is 0 Å². The summed E-state index contributed by atoms with van der Waals surface area (Å²) in [4.78, 5) is 21.9. The number of halogens is 1. The van der Waals surface area contributed by atoms with Crippen molar-refractivity contribution in [2.24, 2.45) is 7.05 Å². The summed E-state index contributed by atoms with van der Waals surface area (Å²) in [6.45, 7) is 4.31. The van der Waals surface area contributed by atoms with Gasteiger partial charge < -0.3 is 9.47 Å². The number of nitriles is 1. The number of nitrogens with zero attached hydrogens (tertiary/aromatic N) is 5. The van der Waals surface area contributed by atoms with Crippen LogP contribution < -0.4 is 10.5 Å². The molecule has 0 spiro atoms. The van der Waals surface area contributed by atoms with Gasteiger partial charge in [-0.25, -0.2) is 9.37 Å². The van der Waals surface area contributed by atoms with E-state index in [0.29, 0.717) is 23.3 Å². The number of aryl methyl sites for hydroxylation is 1. The molecule has 4 aromatic rings. The van der Waals surface area contributed by atoms with Crippen molar-refractivity contribution in [3.05, 3.63) is 106 Å². The van der Waals surface area contributed by atoms with Gasteiger partial charge >= 0.3 is 0 Å². The summed E-state index contributed by atoms with van der Waals surface area (Å²) in [6.07, 6.45) is 0. The first-order valence-electron chi connectivity index (χ1n) is 11.7. The average Bonchev–Trinajstić information content (AvgIpc) is 2.88. The molecule has 0 saturated carbocycles. The Morgan fingerprint density at radius 1 is 1.03 bits per heavy atom. The highest BCUT2D eigenvalue weighted by molar-refractivity contribution is 5.89. The molecule has 5 rings (SSSR count). The fourth-order valence-electron chi connectivity index (χ4n) is 5.07. The molecule has 6 nitrogen and oxygen atoms in total. The summed E-state index contributed by atoms with van der Waals surface area (Å²) < 4.78 is 15.2. The second-order valence-electron chi connectivity index (χ2n) is 9.00. The van der Waals surface area contributed by atoms with E-state index < -0.39 is 0 Å². The van der Waals surface area contributed by atoms with Gasteiger partial charge in [0.15, 0.2) is 0 Å². The van der Waals surface area contributed by atoms with E-state index in [1.54, 1.807) is 29.8 Å². The van der Waals surface area contributed by atoms with E-state index in [0.717, 1.165) is 29.9 Å². The Morgan fingerprint density at radius 3 is 2.43 bits per heavy atom. The van der Waals surface area contributed by atoms with Gasteiger partial charge in [0.05, 0.1) is 17.2 Å². The predicted molar refractivity (Wildman–Crippen MR) is 135 cm³/mol. The highest BCUT2D eigenvalue weighted by Crippen LogP contribution is 2.33. The number of piperazine rings is 1. The quantitative estimate of drug-likeness (QED) is 0.449. The second-order valence-corrected chi connectivity index (χ2v) is 9.00. The zero-order valence-corrected chi connectivity index (χ0v) is 19.7. The Kier molecular flexibility index (Phi) is 6.06. The number of hydrogen-bond acceptors (Lipinski definition) is 5. The lowest BCUT2D eigenvalue weighted by Gasteiger charge is -2.44. The fourth-order valence-corrected chi connectivity index (χ4v) is 5.07. The number of rotatable bonds is 4. The molecule has 0 radical (unpaired) electrons. The van der Waals surface area contributed by atoms with Gasteiger partial charge in [0.1, 0.15) is 23.1 Å². The van der Waals surface area contributed by atoms with Crippen LogP contribution in [0.5, 0.6) is 0 Å².